The highest BCUT2D eigenvalue weighted by Gasteiger charge is 2.17. The summed E-state index contributed by atoms with van der Waals surface area (Å²) in [5.74, 6) is -0.144. The lowest BCUT2D eigenvalue weighted by Gasteiger charge is -2.25. The molecule has 0 bridgehead atoms. The molecule has 84 valence electrons. The number of rotatable bonds is 1. The molecule has 0 unspecified atom stereocenters. The molecule has 0 aliphatic carbocycles. The van der Waals surface area contributed by atoms with E-state index in [4.69, 9.17) is 4.74 Å². The maximum atomic E-state index is 13.3. The van der Waals surface area contributed by atoms with Crippen molar-refractivity contribution in [2.75, 3.05) is 19.8 Å². The number of nitrogens with one attached hydrogen (secondary N) is 1. The SMILES string of the molecule is Cc1c(F)cccc1[C@H]1COCCN1.Cl. The van der Waals surface area contributed by atoms with Crippen molar-refractivity contribution in [2.45, 2.75) is 13.0 Å². The molecule has 1 saturated heterocycles. The third-order valence-corrected chi connectivity index (χ3v) is 2.61. The lowest BCUT2D eigenvalue weighted by atomic mass is 10.0. The van der Waals surface area contributed by atoms with Crippen LogP contribution in [0.4, 0.5) is 4.39 Å². The Bertz CT molecular complexity index is 326. The standard InChI is InChI=1S/C11H14FNO.ClH/c1-8-9(3-2-4-10(8)12)11-7-14-6-5-13-11;/h2-4,11,13H,5-7H2,1H3;1H/t11-;/m1./s1. The average Bonchev–Trinajstić information content (AvgIpc) is 2.23. The Morgan fingerprint density at radius 2 is 2.27 bits per heavy atom. The fourth-order valence-electron chi connectivity index (χ4n) is 1.77. The van der Waals surface area contributed by atoms with Crippen molar-refractivity contribution in [1.29, 1.82) is 0 Å². The third-order valence-electron chi connectivity index (χ3n) is 2.61. The summed E-state index contributed by atoms with van der Waals surface area (Å²) in [5, 5.41) is 3.31. The summed E-state index contributed by atoms with van der Waals surface area (Å²) in [6, 6.07) is 5.32. The minimum absolute atomic E-state index is 0. The molecule has 1 atom stereocenters. The summed E-state index contributed by atoms with van der Waals surface area (Å²) >= 11 is 0. The molecular weight excluding hydrogens is 217 g/mol. The van der Waals surface area contributed by atoms with Crippen LogP contribution in [0.1, 0.15) is 17.2 Å². The summed E-state index contributed by atoms with van der Waals surface area (Å²) in [5.41, 5.74) is 1.72. The number of hydrogen-bond acceptors (Lipinski definition) is 2. The monoisotopic (exact) mass is 231 g/mol. The number of hydrogen-bond donors (Lipinski definition) is 1. The van der Waals surface area contributed by atoms with Gasteiger partial charge >= 0.3 is 0 Å². The van der Waals surface area contributed by atoms with E-state index in [1.165, 1.54) is 6.07 Å². The Labute approximate surface area is 95.2 Å². The number of morpholine rings is 1. The highest BCUT2D eigenvalue weighted by molar-refractivity contribution is 5.85. The van der Waals surface area contributed by atoms with Gasteiger partial charge < -0.3 is 10.1 Å². The summed E-state index contributed by atoms with van der Waals surface area (Å²) in [4.78, 5) is 0. The van der Waals surface area contributed by atoms with Gasteiger partial charge in [0.25, 0.3) is 0 Å². The van der Waals surface area contributed by atoms with Gasteiger partial charge in [-0.3, -0.25) is 0 Å². The molecule has 0 radical (unpaired) electrons. The molecule has 2 rings (SSSR count). The molecule has 2 nitrogen and oxygen atoms in total. The van der Waals surface area contributed by atoms with Crippen molar-refractivity contribution in [1.82, 2.24) is 5.32 Å². The number of halogens is 2. The third kappa shape index (κ3) is 2.68. The molecule has 0 amide bonds. The molecule has 1 aromatic carbocycles. The van der Waals surface area contributed by atoms with Crippen LogP contribution in [0.3, 0.4) is 0 Å². The van der Waals surface area contributed by atoms with E-state index in [0.717, 1.165) is 24.3 Å². The Balaban J connectivity index is 0.00000112. The van der Waals surface area contributed by atoms with Gasteiger partial charge in [-0.25, -0.2) is 4.39 Å². The first-order valence-corrected chi connectivity index (χ1v) is 4.85. The normalized spacial score (nSPS) is 20.8. The first-order valence-electron chi connectivity index (χ1n) is 4.85. The van der Waals surface area contributed by atoms with Gasteiger partial charge in [0.05, 0.1) is 19.3 Å². The molecule has 1 N–H and O–H groups in total. The average molecular weight is 232 g/mol. The van der Waals surface area contributed by atoms with Crippen molar-refractivity contribution in [3.05, 3.63) is 35.1 Å². The van der Waals surface area contributed by atoms with Gasteiger partial charge in [-0.1, -0.05) is 12.1 Å². The molecule has 0 spiro atoms. The molecule has 1 aromatic rings. The van der Waals surface area contributed by atoms with E-state index in [0.29, 0.717) is 6.61 Å². The lowest BCUT2D eigenvalue weighted by Crippen LogP contribution is -2.35. The molecule has 1 aliphatic rings. The van der Waals surface area contributed by atoms with Gasteiger partial charge in [-0.05, 0) is 24.1 Å². The van der Waals surface area contributed by atoms with Crippen LogP contribution in [0.5, 0.6) is 0 Å². The van der Waals surface area contributed by atoms with Gasteiger partial charge in [0, 0.05) is 6.54 Å². The zero-order valence-electron chi connectivity index (χ0n) is 8.63. The summed E-state index contributed by atoms with van der Waals surface area (Å²) in [6.07, 6.45) is 0. The Morgan fingerprint density at radius 1 is 1.47 bits per heavy atom. The van der Waals surface area contributed by atoms with Crippen LogP contribution in [0, 0.1) is 12.7 Å². The van der Waals surface area contributed by atoms with Crippen molar-refractivity contribution in [2.24, 2.45) is 0 Å². The lowest BCUT2D eigenvalue weighted by molar-refractivity contribution is 0.0766. The molecule has 0 aromatic heterocycles. The first-order chi connectivity index (χ1) is 6.79. The summed E-state index contributed by atoms with van der Waals surface area (Å²) in [7, 11) is 0. The van der Waals surface area contributed by atoms with Crippen molar-refractivity contribution >= 4 is 12.4 Å². The van der Waals surface area contributed by atoms with Crippen LogP contribution < -0.4 is 5.32 Å². The van der Waals surface area contributed by atoms with Gasteiger partial charge in [0.1, 0.15) is 5.82 Å². The maximum Gasteiger partial charge on any atom is 0.126 e. The first kappa shape index (κ1) is 12.4. The van der Waals surface area contributed by atoms with Gasteiger partial charge in [0.2, 0.25) is 0 Å². The van der Waals surface area contributed by atoms with Crippen molar-refractivity contribution in [3.8, 4) is 0 Å². The van der Waals surface area contributed by atoms with E-state index in [1.807, 2.05) is 6.07 Å². The quantitative estimate of drug-likeness (QED) is 0.800. The Hall–Kier alpha value is -0.640. The van der Waals surface area contributed by atoms with Crippen LogP contribution in [0.15, 0.2) is 18.2 Å². The molecule has 1 fully saturated rings. The second-order valence-corrected chi connectivity index (χ2v) is 3.54. The predicted molar refractivity (Wildman–Crippen MR) is 59.9 cm³/mol. The van der Waals surface area contributed by atoms with Crippen LogP contribution in [0.2, 0.25) is 0 Å². The number of ether oxygens (including phenoxy) is 1. The molecule has 4 heteroatoms. The minimum atomic E-state index is -0.144. The molecule has 1 heterocycles. The van der Waals surface area contributed by atoms with Crippen LogP contribution in [-0.2, 0) is 4.74 Å². The Morgan fingerprint density at radius 3 is 2.93 bits per heavy atom. The van der Waals surface area contributed by atoms with E-state index in [9.17, 15) is 4.39 Å². The maximum absolute atomic E-state index is 13.3. The van der Waals surface area contributed by atoms with Crippen molar-refractivity contribution < 1.29 is 9.13 Å². The zero-order valence-corrected chi connectivity index (χ0v) is 9.44. The van der Waals surface area contributed by atoms with Crippen molar-refractivity contribution in [3.63, 3.8) is 0 Å². The molecule has 15 heavy (non-hydrogen) atoms. The fraction of sp³-hybridized carbons (Fsp3) is 0.455. The van der Waals surface area contributed by atoms with E-state index >= 15 is 0 Å². The largest absolute Gasteiger partial charge is 0.378 e. The van der Waals surface area contributed by atoms with E-state index in [-0.39, 0.29) is 24.3 Å². The zero-order chi connectivity index (χ0) is 9.97. The molecule has 1 aliphatic heterocycles. The second kappa shape index (κ2) is 5.45. The highest BCUT2D eigenvalue weighted by atomic mass is 35.5. The van der Waals surface area contributed by atoms with Gasteiger partial charge in [-0.2, -0.15) is 0 Å². The van der Waals surface area contributed by atoms with E-state index < -0.39 is 0 Å². The van der Waals surface area contributed by atoms with Crippen LogP contribution >= 0.6 is 12.4 Å². The summed E-state index contributed by atoms with van der Waals surface area (Å²) < 4.78 is 18.6. The smallest absolute Gasteiger partial charge is 0.126 e. The summed E-state index contributed by atoms with van der Waals surface area (Å²) in [6.45, 7) is 4.01. The molecule has 0 saturated carbocycles. The van der Waals surface area contributed by atoms with Crippen LogP contribution in [0.25, 0.3) is 0 Å². The minimum Gasteiger partial charge on any atom is -0.378 e. The van der Waals surface area contributed by atoms with Gasteiger partial charge in [0.15, 0.2) is 0 Å². The van der Waals surface area contributed by atoms with E-state index in [1.54, 1.807) is 13.0 Å². The topological polar surface area (TPSA) is 21.3 Å². The highest BCUT2D eigenvalue weighted by Crippen LogP contribution is 2.21. The fourth-order valence-corrected chi connectivity index (χ4v) is 1.77. The predicted octanol–water partition coefficient (Wildman–Crippen LogP) is 2.22. The number of benzene rings is 1. The molecular formula is C11H15ClFNO. The van der Waals surface area contributed by atoms with Crippen LogP contribution in [-0.4, -0.2) is 19.8 Å². The Kier molecular flexibility index (Phi) is 4.51. The van der Waals surface area contributed by atoms with E-state index in [2.05, 4.69) is 5.32 Å². The van der Waals surface area contributed by atoms with Gasteiger partial charge in [-0.15, -0.1) is 12.4 Å². The second-order valence-electron chi connectivity index (χ2n) is 3.54.